The fraction of sp³-hybridized carbons (Fsp3) is 0.486. The van der Waals surface area contributed by atoms with Crippen molar-refractivity contribution in [1.29, 1.82) is 5.26 Å². The Morgan fingerprint density at radius 1 is 0.812 bits per heavy atom. The zero-order chi connectivity index (χ0) is 34.2. The number of piperidine rings is 1. The Morgan fingerprint density at radius 3 is 1.94 bits per heavy atom. The van der Waals surface area contributed by atoms with Crippen molar-refractivity contribution < 1.29 is 42.5 Å². The van der Waals surface area contributed by atoms with Crippen LogP contribution in [0.1, 0.15) is 23.5 Å². The van der Waals surface area contributed by atoms with Crippen molar-refractivity contribution in [2.45, 2.75) is 12.3 Å². The number of rotatable bonds is 23. The quantitative estimate of drug-likeness (QED) is 0.0788. The minimum absolute atomic E-state index is 0.0786. The number of nitriles is 1. The fourth-order valence-corrected chi connectivity index (χ4v) is 5.02. The highest BCUT2D eigenvalue weighted by Gasteiger charge is 2.35. The molecule has 2 aromatic carbocycles. The molecule has 3 rings (SSSR count). The van der Waals surface area contributed by atoms with E-state index >= 15 is 0 Å². The molecule has 12 nitrogen and oxygen atoms in total. The molecule has 2 N–H and O–H groups in total. The van der Waals surface area contributed by atoms with Gasteiger partial charge in [0.15, 0.2) is 0 Å². The second kappa shape index (κ2) is 23.2. The summed E-state index contributed by atoms with van der Waals surface area (Å²) in [5.74, 6) is -1.62. The van der Waals surface area contributed by atoms with Gasteiger partial charge < -0.3 is 39.2 Å². The number of carbonyl (C=O) groups excluding carboxylic acids is 3. The van der Waals surface area contributed by atoms with Gasteiger partial charge >= 0.3 is 0 Å². The summed E-state index contributed by atoms with van der Waals surface area (Å²) in [5.41, 5.74) is 1.47. The first-order valence-electron chi connectivity index (χ1n) is 16.1. The predicted octanol–water partition coefficient (Wildman–Crippen LogP) is 2.31. The fourth-order valence-electron chi connectivity index (χ4n) is 5.02. The molecule has 1 aliphatic heterocycles. The van der Waals surface area contributed by atoms with Crippen LogP contribution in [0.3, 0.4) is 0 Å². The van der Waals surface area contributed by atoms with Crippen molar-refractivity contribution in [3.8, 4) is 6.07 Å². The highest BCUT2D eigenvalue weighted by atomic mass is 19.1. The average molecular weight is 669 g/mol. The van der Waals surface area contributed by atoms with Crippen molar-refractivity contribution in [2.75, 3.05) is 92.2 Å². The number of likely N-dealkylation sites (tertiary alicyclic amines) is 1. The van der Waals surface area contributed by atoms with Gasteiger partial charge in [-0.05, 0) is 35.8 Å². The molecule has 260 valence electrons. The molecule has 0 aliphatic carbocycles. The van der Waals surface area contributed by atoms with Crippen LogP contribution in [0.25, 0.3) is 6.08 Å². The number of carbonyl (C=O) groups is 3. The summed E-state index contributed by atoms with van der Waals surface area (Å²) in [7, 11) is 0. The standard InChI is InChI=1S/C35H45FN4O8/c36-33-8-6-28(7-9-33)22-30(24-37)35(43)40-25-31(29-4-2-1-3-5-29)23-32(26-40)34(42)39-11-13-45-15-17-47-19-21-48-20-18-46-16-14-44-12-10-38-27-41/h1-9,22,27,31-32H,10-21,23,25-26H2,(H,38,41)(H,39,42)/b30-22+. The molecule has 1 saturated heterocycles. The lowest BCUT2D eigenvalue weighted by Gasteiger charge is -2.37. The normalized spacial score (nSPS) is 16.2. The van der Waals surface area contributed by atoms with Gasteiger partial charge in [0.2, 0.25) is 12.3 Å². The van der Waals surface area contributed by atoms with Crippen molar-refractivity contribution in [3.63, 3.8) is 0 Å². The average Bonchev–Trinajstić information content (AvgIpc) is 3.12. The smallest absolute Gasteiger partial charge is 0.264 e. The molecule has 1 heterocycles. The van der Waals surface area contributed by atoms with E-state index in [4.69, 9.17) is 23.7 Å². The van der Waals surface area contributed by atoms with Gasteiger partial charge in [-0.3, -0.25) is 14.4 Å². The van der Waals surface area contributed by atoms with Crippen molar-refractivity contribution >= 4 is 24.3 Å². The molecule has 2 unspecified atom stereocenters. The van der Waals surface area contributed by atoms with Crippen LogP contribution >= 0.6 is 0 Å². The van der Waals surface area contributed by atoms with E-state index in [1.807, 2.05) is 36.4 Å². The summed E-state index contributed by atoms with van der Waals surface area (Å²) >= 11 is 0. The van der Waals surface area contributed by atoms with E-state index in [0.717, 1.165) is 5.56 Å². The Kier molecular flexibility index (Phi) is 18.5. The number of hydrogen-bond acceptors (Lipinski definition) is 9. The number of hydrogen-bond donors (Lipinski definition) is 2. The molecule has 3 amide bonds. The van der Waals surface area contributed by atoms with Gasteiger partial charge in [-0.2, -0.15) is 5.26 Å². The second-order valence-electron chi connectivity index (χ2n) is 10.9. The summed E-state index contributed by atoms with van der Waals surface area (Å²) in [6.07, 6.45) is 2.62. The molecule has 2 atom stereocenters. The summed E-state index contributed by atoms with van der Waals surface area (Å²) in [6.45, 7) is 5.45. The van der Waals surface area contributed by atoms with Gasteiger partial charge in [0.05, 0.1) is 72.0 Å². The number of ether oxygens (including phenoxy) is 5. The van der Waals surface area contributed by atoms with Crippen LogP contribution in [-0.2, 0) is 38.1 Å². The molecule has 1 fully saturated rings. The number of amides is 3. The predicted molar refractivity (Wildman–Crippen MR) is 175 cm³/mol. The van der Waals surface area contributed by atoms with E-state index in [-0.39, 0.29) is 23.9 Å². The third-order valence-electron chi connectivity index (χ3n) is 7.42. The molecule has 0 aromatic heterocycles. The topological polar surface area (TPSA) is 148 Å². The molecule has 1 aliphatic rings. The van der Waals surface area contributed by atoms with Crippen LogP contribution in [0.15, 0.2) is 60.2 Å². The number of nitrogens with one attached hydrogen (secondary N) is 2. The summed E-state index contributed by atoms with van der Waals surface area (Å²) < 4.78 is 40.5. The Morgan fingerprint density at radius 2 is 1.38 bits per heavy atom. The lowest BCUT2D eigenvalue weighted by molar-refractivity contribution is -0.133. The SMILES string of the molecule is N#C/C(=C\c1ccc(F)cc1)C(=O)N1CC(C(=O)NCCOCCOCCOCCOCCOCCNC=O)CC(c2ccccc2)C1. The van der Waals surface area contributed by atoms with Crippen LogP contribution in [0, 0.1) is 23.1 Å². The zero-order valence-electron chi connectivity index (χ0n) is 27.2. The van der Waals surface area contributed by atoms with E-state index in [0.29, 0.717) is 104 Å². The van der Waals surface area contributed by atoms with E-state index in [9.17, 15) is 24.0 Å². The molecular weight excluding hydrogens is 623 g/mol. The highest BCUT2D eigenvalue weighted by molar-refractivity contribution is 6.02. The monoisotopic (exact) mass is 668 g/mol. The van der Waals surface area contributed by atoms with Gasteiger partial charge in [0, 0.05) is 32.1 Å². The van der Waals surface area contributed by atoms with Crippen LogP contribution in [0.4, 0.5) is 4.39 Å². The summed E-state index contributed by atoms with van der Waals surface area (Å²) in [5, 5.41) is 15.2. The van der Waals surface area contributed by atoms with Gasteiger partial charge in [0.1, 0.15) is 17.5 Å². The van der Waals surface area contributed by atoms with Crippen molar-refractivity contribution in [2.24, 2.45) is 5.92 Å². The first-order valence-corrected chi connectivity index (χ1v) is 16.1. The zero-order valence-corrected chi connectivity index (χ0v) is 27.2. The summed E-state index contributed by atoms with van der Waals surface area (Å²) in [4.78, 5) is 38.3. The lowest BCUT2D eigenvalue weighted by Crippen LogP contribution is -2.48. The largest absolute Gasteiger partial charge is 0.377 e. The molecule has 2 aromatic rings. The van der Waals surface area contributed by atoms with Crippen LogP contribution in [-0.4, -0.2) is 115 Å². The number of halogens is 1. The van der Waals surface area contributed by atoms with Gasteiger partial charge in [-0.1, -0.05) is 42.5 Å². The van der Waals surface area contributed by atoms with Crippen LogP contribution in [0.5, 0.6) is 0 Å². The van der Waals surface area contributed by atoms with E-state index in [1.54, 1.807) is 4.90 Å². The maximum atomic E-state index is 13.5. The molecule has 48 heavy (non-hydrogen) atoms. The van der Waals surface area contributed by atoms with Crippen LogP contribution < -0.4 is 10.6 Å². The first-order chi connectivity index (χ1) is 23.5. The Hall–Kier alpha value is -4.19. The number of nitrogens with zero attached hydrogens (tertiary/aromatic N) is 2. The highest BCUT2D eigenvalue weighted by Crippen LogP contribution is 2.31. The number of benzene rings is 2. The van der Waals surface area contributed by atoms with Crippen molar-refractivity contribution in [1.82, 2.24) is 15.5 Å². The van der Waals surface area contributed by atoms with E-state index in [1.165, 1.54) is 30.3 Å². The lowest BCUT2D eigenvalue weighted by atomic mass is 9.83. The van der Waals surface area contributed by atoms with Gasteiger partial charge in [-0.25, -0.2) is 4.39 Å². The summed E-state index contributed by atoms with van der Waals surface area (Å²) in [6, 6.07) is 17.2. The maximum absolute atomic E-state index is 13.5. The third kappa shape index (κ3) is 14.7. The van der Waals surface area contributed by atoms with Crippen LogP contribution in [0.2, 0.25) is 0 Å². The molecule has 0 bridgehead atoms. The minimum atomic E-state index is -0.475. The van der Waals surface area contributed by atoms with Crippen molar-refractivity contribution in [3.05, 3.63) is 77.1 Å². The first kappa shape index (κ1) is 38.3. The molecule has 13 heteroatoms. The van der Waals surface area contributed by atoms with Gasteiger partial charge in [0.25, 0.3) is 5.91 Å². The van der Waals surface area contributed by atoms with E-state index in [2.05, 4.69) is 10.6 Å². The molecular formula is C35H45FN4O8. The molecule has 0 spiro atoms. The molecule has 0 saturated carbocycles. The van der Waals surface area contributed by atoms with E-state index < -0.39 is 17.6 Å². The minimum Gasteiger partial charge on any atom is -0.377 e. The Labute approximate surface area is 281 Å². The second-order valence-corrected chi connectivity index (χ2v) is 10.9. The molecule has 0 radical (unpaired) electrons. The third-order valence-corrected chi connectivity index (χ3v) is 7.42. The Balaban J connectivity index is 1.33. The van der Waals surface area contributed by atoms with Gasteiger partial charge in [-0.15, -0.1) is 0 Å². The maximum Gasteiger partial charge on any atom is 0.264 e. The Bertz CT molecular complexity index is 1310.